The number of thiophene rings is 1. The van der Waals surface area contributed by atoms with Gasteiger partial charge in [-0.1, -0.05) is 36.0 Å². The molecule has 2 rings (SSSR count). The van der Waals surface area contributed by atoms with Crippen LogP contribution in [-0.2, 0) is 10.0 Å². The fourth-order valence-electron chi connectivity index (χ4n) is 2.67. The van der Waals surface area contributed by atoms with Crippen molar-refractivity contribution in [3.05, 3.63) is 14.7 Å². The second kappa shape index (κ2) is 5.90. The Balaban J connectivity index is 2.42. The van der Waals surface area contributed by atoms with E-state index in [1.54, 1.807) is 4.31 Å². The lowest BCUT2D eigenvalue weighted by atomic mass is 10.2. The third kappa shape index (κ3) is 3.10. The minimum atomic E-state index is -3.57. The molecule has 1 heterocycles. The van der Waals surface area contributed by atoms with E-state index in [0.29, 0.717) is 4.34 Å². The fourth-order valence-corrected chi connectivity index (χ4v) is 6.67. The highest BCUT2D eigenvalue weighted by Gasteiger charge is 2.37. The lowest BCUT2D eigenvalue weighted by Gasteiger charge is -2.31. The molecular formula is C12H17Cl2NO2S2. The molecule has 0 aromatic carbocycles. The van der Waals surface area contributed by atoms with Crippen LogP contribution in [0, 0.1) is 0 Å². The molecule has 0 atom stereocenters. The average molecular weight is 342 g/mol. The highest BCUT2D eigenvalue weighted by molar-refractivity contribution is 7.89. The van der Waals surface area contributed by atoms with Crippen molar-refractivity contribution in [3.63, 3.8) is 0 Å². The molecule has 108 valence electrons. The van der Waals surface area contributed by atoms with Gasteiger partial charge in [-0.25, -0.2) is 8.42 Å². The molecule has 3 nitrogen and oxygen atoms in total. The first-order valence-corrected chi connectivity index (χ1v) is 9.33. The minimum Gasteiger partial charge on any atom is -0.207 e. The standard InChI is InChI=1S/C12H17Cl2NO2S2/c1-8(2)15(9-5-3-4-6-9)19(16,17)10-7-11(13)18-12(10)14/h7-9H,3-6H2,1-2H3. The summed E-state index contributed by atoms with van der Waals surface area (Å²) in [6.07, 6.45) is 4.02. The van der Waals surface area contributed by atoms with Crippen LogP contribution in [0.25, 0.3) is 0 Å². The summed E-state index contributed by atoms with van der Waals surface area (Å²) < 4.78 is 27.8. The highest BCUT2D eigenvalue weighted by atomic mass is 35.5. The van der Waals surface area contributed by atoms with Crippen molar-refractivity contribution >= 4 is 44.6 Å². The summed E-state index contributed by atoms with van der Waals surface area (Å²) in [5, 5.41) is 0. The summed E-state index contributed by atoms with van der Waals surface area (Å²) in [6.45, 7) is 3.80. The first-order valence-electron chi connectivity index (χ1n) is 6.32. The Bertz CT molecular complexity index is 548. The quantitative estimate of drug-likeness (QED) is 0.813. The van der Waals surface area contributed by atoms with Gasteiger partial charge in [-0.05, 0) is 32.8 Å². The molecule has 0 aliphatic heterocycles. The van der Waals surface area contributed by atoms with Gasteiger partial charge in [-0.15, -0.1) is 11.3 Å². The maximum absolute atomic E-state index is 12.8. The van der Waals surface area contributed by atoms with Gasteiger partial charge >= 0.3 is 0 Å². The second-order valence-electron chi connectivity index (χ2n) is 5.06. The van der Waals surface area contributed by atoms with Gasteiger partial charge in [0.1, 0.15) is 9.23 Å². The zero-order chi connectivity index (χ0) is 14.2. The number of hydrogen-bond donors (Lipinski definition) is 0. The van der Waals surface area contributed by atoms with Gasteiger partial charge in [0.25, 0.3) is 0 Å². The third-order valence-corrected chi connectivity index (χ3v) is 7.26. The Hall–Kier alpha value is 0.190. The molecule has 0 amide bonds. The number of hydrogen-bond acceptors (Lipinski definition) is 3. The van der Waals surface area contributed by atoms with E-state index in [9.17, 15) is 8.42 Å². The zero-order valence-corrected chi connectivity index (χ0v) is 14.0. The summed E-state index contributed by atoms with van der Waals surface area (Å²) in [7, 11) is -3.57. The second-order valence-corrected chi connectivity index (χ2v) is 9.15. The van der Waals surface area contributed by atoms with Crippen LogP contribution < -0.4 is 0 Å². The van der Waals surface area contributed by atoms with Gasteiger partial charge in [0.05, 0.1) is 4.34 Å². The van der Waals surface area contributed by atoms with Crippen LogP contribution in [0.5, 0.6) is 0 Å². The molecule has 0 N–H and O–H groups in total. The summed E-state index contributed by atoms with van der Waals surface area (Å²) in [5.41, 5.74) is 0. The molecule has 1 aliphatic rings. The molecule has 0 bridgehead atoms. The van der Waals surface area contributed by atoms with Gasteiger partial charge in [-0.2, -0.15) is 4.31 Å². The van der Waals surface area contributed by atoms with Crippen LogP contribution in [0.4, 0.5) is 0 Å². The molecule has 7 heteroatoms. The monoisotopic (exact) mass is 341 g/mol. The largest absolute Gasteiger partial charge is 0.245 e. The number of rotatable bonds is 4. The first kappa shape index (κ1) is 15.6. The molecule has 19 heavy (non-hydrogen) atoms. The maximum Gasteiger partial charge on any atom is 0.245 e. The predicted octanol–water partition coefficient (Wildman–Crippen LogP) is 4.40. The maximum atomic E-state index is 12.8. The molecule has 1 aromatic rings. The van der Waals surface area contributed by atoms with E-state index in [-0.39, 0.29) is 21.3 Å². The van der Waals surface area contributed by atoms with Gasteiger partial charge in [-0.3, -0.25) is 0 Å². The lowest BCUT2D eigenvalue weighted by Crippen LogP contribution is -2.43. The molecule has 0 spiro atoms. The minimum absolute atomic E-state index is 0.0807. The Kier molecular flexibility index (Phi) is 4.83. The first-order chi connectivity index (χ1) is 8.84. The normalized spacial score (nSPS) is 17.8. The SMILES string of the molecule is CC(C)N(C1CCCC1)S(=O)(=O)c1cc(Cl)sc1Cl. The lowest BCUT2D eigenvalue weighted by molar-refractivity contribution is 0.275. The van der Waals surface area contributed by atoms with E-state index in [4.69, 9.17) is 23.2 Å². The van der Waals surface area contributed by atoms with Gasteiger partial charge in [0, 0.05) is 12.1 Å². The van der Waals surface area contributed by atoms with Crippen molar-refractivity contribution < 1.29 is 8.42 Å². The Morgan fingerprint density at radius 2 is 1.89 bits per heavy atom. The molecular weight excluding hydrogens is 325 g/mol. The van der Waals surface area contributed by atoms with E-state index < -0.39 is 10.0 Å². The summed E-state index contributed by atoms with van der Waals surface area (Å²) in [5.74, 6) is 0. The number of halogens is 2. The zero-order valence-electron chi connectivity index (χ0n) is 10.9. The van der Waals surface area contributed by atoms with Crippen molar-refractivity contribution in [2.45, 2.75) is 56.5 Å². The molecule has 0 unspecified atom stereocenters. The van der Waals surface area contributed by atoms with Crippen LogP contribution in [0.2, 0.25) is 8.67 Å². The summed E-state index contributed by atoms with van der Waals surface area (Å²) >= 11 is 13.0. The average Bonchev–Trinajstić information content (AvgIpc) is 2.87. The fraction of sp³-hybridized carbons (Fsp3) is 0.667. The Morgan fingerprint density at radius 3 is 2.32 bits per heavy atom. The smallest absolute Gasteiger partial charge is 0.207 e. The molecule has 1 fully saturated rings. The predicted molar refractivity (Wildman–Crippen MR) is 80.8 cm³/mol. The van der Waals surface area contributed by atoms with Crippen molar-refractivity contribution in [2.75, 3.05) is 0 Å². The number of nitrogens with zero attached hydrogens (tertiary/aromatic N) is 1. The van der Waals surface area contributed by atoms with E-state index in [1.807, 2.05) is 13.8 Å². The van der Waals surface area contributed by atoms with E-state index >= 15 is 0 Å². The molecule has 1 aromatic heterocycles. The van der Waals surface area contributed by atoms with Gasteiger partial charge in [0.15, 0.2) is 0 Å². The number of sulfonamides is 1. The van der Waals surface area contributed by atoms with E-state index in [2.05, 4.69) is 0 Å². The van der Waals surface area contributed by atoms with Gasteiger partial charge < -0.3 is 0 Å². The van der Waals surface area contributed by atoms with Crippen molar-refractivity contribution in [2.24, 2.45) is 0 Å². The van der Waals surface area contributed by atoms with Crippen LogP contribution in [0.15, 0.2) is 11.0 Å². The summed E-state index contributed by atoms with van der Waals surface area (Å²) in [4.78, 5) is 0.143. The van der Waals surface area contributed by atoms with Crippen LogP contribution in [0.1, 0.15) is 39.5 Å². The van der Waals surface area contributed by atoms with E-state index in [0.717, 1.165) is 37.0 Å². The Morgan fingerprint density at radius 1 is 1.32 bits per heavy atom. The highest BCUT2D eigenvalue weighted by Crippen LogP contribution is 2.38. The van der Waals surface area contributed by atoms with Crippen molar-refractivity contribution in [1.29, 1.82) is 0 Å². The van der Waals surface area contributed by atoms with Crippen LogP contribution in [-0.4, -0.2) is 24.8 Å². The van der Waals surface area contributed by atoms with Crippen LogP contribution in [0.3, 0.4) is 0 Å². The molecule has 0 radical (unpaired) electrons. The Labute approximate surface area is 128 Å². The van der Waals surface area contributed by atoms with Crippen LogP contribution >= 0.6 is 34.5 Å². The topological polar surface area (TPSA) is 37.4 Å². The van der Waals surface area contributed by atoms with E-state index in [1.165, 1.54) is 6.07 Å². The van der Waals surface area contributed by atoms with Crippen molar-refractivity contribution in [3.8, 4) is 0 Å². The molecule has 0 saturated heterocycles. The molecule has 1 aliphatic carbocycles. The van der Waals surface area contributed by atoms with Crippen molar-refractivity contribution in [1.82, 2.24) is 4.31 Å². The third-order valence-electron chi connectivity index (χ3n) is 3.37. The summed E-state index contributed by atoms with van der Waals surface area (Å²) in [6, 6.07) is 1.45. The molecule has 1 saturated carbocycles. The van der Waals surface area contributed by atoms with Gasteiger partial charge in [0.2, 0.25) is 10.0 Å².